The highest BCUT2D eigenvalue weighted by Gasteiger charge is 2.22. The zero-order valence-electron chi connectivity index (χ0n) is 11.1. The molecule has 1 aliphatic rings. The minimum Gasteiger partial charge on any atom is -0.488 e. The SMILES string of the molecule is Cc1cc(C#N)nc(NCC2Cc3ccccc3O2)n1. The number of rotatable bonds is 3. The summed E-state index contributed by atoms with van der Waals surface area (Å²) in [5, 5.41) is 12.0. The second-order valence-electron chi connectivity index (χ2n) is 4.76. The van der Waals surface area contributed by atoms with Crippen LogP contribution in [0.5, 0.6) is 5.75 Å². The van der Waals surface area contributed by atoms with E-state index >= 15 is 0 Å². The predicted octanol–water partition coefficient (Wildman–Crippen LogP) is 2.07. The monoisotopic (exact) mass is 266 g/mol. The number of hydrogen-bond acceptors (Lipinski definition) is 5. The lowest BCUT2D eigenvalue weighted by Crippen LogP contribution is -2.25. The van der Waals surface area contributed by atoms with Crippen LogP contribution >= 0.6 is 0 Å². The normalized spacial score (nSPS) is 16.1. The number of nitriles is 1. The van der Waals surface area contributed by atoms with E-state index in [4.69, 9.17) is 10.00 Å². The molecule has 5 nitrogen and oxygen atoms in total. The third kappa shape index (κ3) is 2.54. The summed E-state index contributed by atoms with van der Waals surface area (Å²) in [6.07, 6.45) is 0.946. The molecule has 1 aromatic heterocycles. The molecule has 2 heterocycles. The number of nitrogens with zero attached hydrogens (tertiary/aromatic N) is 3. The Labute approximate surface area is 117 Å². The molecule has 0 amide bonds. The van der Waals surface area contributed by atoms with Crippen LogP contribution in [0.2, 0.25) is 0 Å². The number of anilines is 1. The van der Waals surface area contributed by atoms with Crippen molar-refractivity contribution in [2.75, 3.05) is 11.9 Å². The zero-order chi connectivity index (χ0) is 13.9. The Balaban J connectivity index is 1.64. The molecule has 0 saturated carbocycles. The molecule has 1 N–H and O–H groups in total. The van der Waals surface area contributed by atoms with Crippen LogP contribution < -0.4 is 10.1 Å². The van der Waals surface area contributed by atoms with Crippen molar-refractivity contribution in [2.45, 2.75) is 19.4 Å². The van der Waals surface area contributed by atoms with Crippen molar-refractivity contribution in [2.24, 2.45) is 0 Å². The number of fused-ring (bicyclic) bond motifs is 1. The highest BCUT2D eigenvalue weighted by Crippen LogP contribution is 2.28. The molecule has 0 aliphatic carbocycles. The maximum absolute atomic E-state index is 8.89. The molecular formula is C15H14N4O. The zero-order valence-corrected chi connectivity index (χ0v) is 11.1. The van der Waals surface area contributed by atoms with Crippen LogP contribution in [0.25, 0.3) is 0 Å². The Kier molecular flexibility index (Phi) is 3.21. The van der Waals surface area contributed by atoms with E-state index in [0.717, 1.165) is 17.9 Å². The standard InChI is InChI=1S/C15H14N4O/c1-10-6-12(8-16)19-15(18-10)17-9-13-7-11-4-2-3-5-14(11)20-13/h2-6,13H,7,9H2,1H3,(H,17,18,19). The van der Waals surface area contributed by atoms with Gasteiger partial charge in [0, 0.05) is 12.1 Å². The van der Waals surface area contributed by atoms with Crippen LogP contribution in [0.15, 0.2) is 30.3 Å². The Morgan fingerprint density at radius 2 is 2.25 bits per heavy atom. The van der Waals surface area contributed by atoms with Gasteiger partial charge < -0.3 is 10.1 Å². The van der Waals surface area contributed by atoms with Crippen molar-refractivity contribution in [1.29, 1.82) is 5.26 Å². The van der Waals surface area contributed by atoms with E-state index in [1.54, 1.807) is 6.07 Å². The second-order valence-corrected chi connectivity index (χ2v) is 4.76. The van der Waals surface area contributed by atoms with Crippen LogP contribution in [-0.2, 0) is 6.42 Å². The number of benzene rings is 1. The van der Waals surface area contributed by atoms with Gasteiger partial charge in [-0.05, 0) is 24.6 Å². The van der Waals surface area contributed by atoms with Crippen LogP contribution in [0.3, 0.4) is 0 Å². The predicted molar refractivity (Wildman–Crippen MR) is 74.5 cm³/mol. The molecule has 0 spiro atoms. The molecule has 3 rings (SSSR count). The van der Waals surface area contributed by atoms with E-state index in [0.29, 0.717) is 18.2 Å². The van der Waals surface area contributed by atoms with Gasteiger partial charge in [-0.3, -0.25) is 0 Å². The second kappa shape index (κ2) is 5.17. The summed E-state index contributed by atoms with van der Waals surface area (Å²) in [7, 11) is 0. The number of aryl methyl sites for hydroxylation is 1. The summed E-state index contributed by atoms with van der Waals surface area (Å²) in [6, 6.07) is 11.7. The number of hydrogen-bond donors (Lipinski definition) is 1. The minimum atomic E-state index is 0.0713. The van der Waals surface area contributed by atoms with Gasteiger partial charge in [-0.1, -0.05) is 18.2 Å². The van der Waals surface area contributed by atoms with Crippen molar-refractivity contribution in [3.8, 4) is 11.8 Å². The number of nitrogens with one attached hydrogen (secondary N) is 1. The Morgan fingerprint density at radius 3 is 3.05 bits per heavy atom. The third-order valence-electron chi connectivity index (χ3n) is 3.17. The lowest BCUT2D eigenvalue weighted by molar-refractivity contribution is 0.246. The van der Waals surface area contributed by atoms with E-state index in [9.17, 15) is 0 Å². The van der Waals surface area contributed by atoms with Crippen LogP contribution in [0.4, 0.5) is 5.95 Å². The third-order valence-corrected chi connectivity index (χ3v) is 3.17. The van der Waals surface area contributed by atoms with E-state index in [2.05, 4.69) is 21.4 Å². The summed E-state index contributed by atoms with van der Waals surface area (Å²) in [5.41, 5.74) is 2.37. The van der Waals surface area contributed by atoms with Gasteiger partial charge >= 0.3 is 0 Å². The highest BCUT2D eigenvalue weighted by molar-refractivity contribution is 5.38. The van der Waals surface area contributed by atoms with Gasteiger partial charge in [0.25, 0.3) is 0 Å². The minimum absolute atomic E-state index is 0.0713. The summed E-state index contributed by atoms with van der Waals surface area (Å²) in [5.74, 6) is 1.42. The van der Waals surface area contributed by atoms with Gasteiger partial charge in [0.15, 0.2) is 0 Å². The lowest BCUT2D eigenvalue weighted by atomic mass is 10.1. The van der Waals surface area contributed by atoms with Crippen molar-refractivity contribution >= 4 is 5.95 Å². The van der Waals surface area contributed by atoms with Crippen LogP contribution in [0.1, 0.15) is 17.0 Å². The van der Waals surface area contributed by atoms with Crippen molar-refractivity contribution in [1.82, 2.24) is 9.97 Å². The van der Waals surface area contributed by atoms with Gasteiger partial charge in [-0.15, -0.1) is 0 Å². The molecule has 1 unspecified atom stereocenters. The first-order chi connectivity index (χ1) is 9.74. The van der Waals surface area contributed by atoms with Crippen molar-refractivity contribution < 1.29 is 4.74 Å². The fourth-order valence-electron chi connectivity index (χ4n) is 2.28. The molecule has 20 heavy (non-hydrogen) atoms. The lowest BCUT2D eigenvalue weighted by Gasteiger charge is -2.12. The molecular weight excluding hydrogens is 252 g/mol. The van der Waals surface area contributed by atoms with E-state index in [1.807, 2.05) is 31.2 Å². The molecule has 0 saturated heterocycles. The smallest absolute Gasteiger partial charge is 0.224 e. The van der Waals surface area contributed by atoms with E-state index < -0.39 is 0 Å². The average molecular weight is 266 g/mol. The van der Waals surface area contributed by atoms with E-state index in [1.165, 1.54) is 5.56 Å². The highest BCUT2D eigenvalue weighted by atomic mass is 16.5. The molecule has 0 bridgehead atoms. The summed E-state index contributed by atoms with van der Waals surface area (Å²) in [6.45, 7) is 2.46. The number of ether oxygens (including phenoxy) is 1. The Hall–Kier alpha value is -2.61. The number of para-hydroxylation sites is 1. The first-order valence-corrected chi connectivity index (χ1v) is 6.49. The van der Waals surface area contributed by atoms with Gasteiger partial charge in [0.2, 0.25) is 5.95 Å². The fourth-order valence-corrected chi connectivity index (χ4v) is 2.28. The topological polar surface area (TPSA) is 70.8 Å². The van der Waals surface area contributed by atoms with Crippen LogP contribution in [-0.4, -0.2) is 22.6 Å². The molecule has 5 heteroatoms. The maximum Gasteiger partial charge on any atom is 0.224 e. The van der Waals surface area contributed by atoms with Crippen molar-refractivity contribution in [3.05, 3.63) is 47.3 Å². The molecule has 0 fully saturated rings. The molecule has 1 aliphatic heterocycles. The number of aromatic nitrogens is 2. The van der Waals surface area contributed by atoms with E-state index in [-0.39, 0.29) is 6.10 Å². The quantitative estimate of drug-likeness (QED) is 0.920. The molecule has 100 valence electrons. The molecule has 1 aromatic carbocycles. The van der Waals surface area contributed by atoms with Gasteiger partial charge in [0.1, 0.15) is 23.6 Å². The summed E-state index contributed by atoms with van der Waals surface area (Å²) in [4.78, 5) is 8.39. The first kappa shape index (κ1) is 12.4. The first-order valence-electron chi connectivity index (χ1n) is 6.49. The molecule has 1 atom stereocenters. The summed E-state index contributed by atoms with van der Waals surface area (Å²) < 4.78 is 5.83. The van der Waals surface area contributed by atoms with Crippen LogP contribution in [0, 0.1) is 18.3 Å². The fraction of sp³-hybridized carbons (Fsp3) is 0.267. The van der Waals surface area contributed by atoms with Gasteiger partial charge in [-0.25, -0.2) is 9.97 Å². The molecule has 0 radical (unpaired) electrons. The van der Waals surface area contributed by atoms with Gasteiger partial charge in [0.05, 0.1) is 6.54 Å². The molecule has 2 aromatic rings. The maximum atomic E-state index is 8.89. The Bertz CT molecular complexity index is 653. The van der Waals surface area contributed by atoms with Gasteiger partial charge in [-0.2, -0.15) is 5.26 Å². The van der Waals surface area contributed by atoms with Crippen molar-refractivity contribution in [3.63, 3.8) is 0 Å². The summed E-state index contributed by atoms with van der Waals surface area (Å²) >= 11 is 0. The average Bonchev–Trinajstić information content (AvgIpc) is 2.87. The largest absolute Gasteiger partial charge is 0.488 e. The Morgan fingerprint density at radius 1 is 1.40 bits per heavy atom.